The van der Waals surface area contributed by atoms with E-state index in [9.17, 15) is 13.2 Å². The summed E-state index contributed by atoms with van der Waals surface area (Å²) in [5, 5.41) is 12.3. The molecule has 2 aliphatic heterocycles. The summed E-state index contributed by atoms with van der Waals surface area (Å²) < 4.78 is 40.1. The quantitative estimate of drug-likeness (QED) is 0.694. The van der Waals surface area contributed by atoms with E-state index in [1.807, 2.05) is 29.3 Å². The van der Waals surface area contributed by atoms with Gasteiger partial charge in [0.25, 0.3) is 5.82 Å². The van der Waals surface area contributed by atoms with Crippen LogP contribution in [0.3, 0.4) is 0 Å². The fourth-order valence-electron chi connectivity index (χ4n) is 3.85. The van der Waals surface area contributed by atoms with Gasteiger partial charge < -0.3 is 9.88 Å². The summed E-state index contributed by atoms with van der Waals surface area (Å²) in [5.74, 6) is -0.165. The van der Waals surface area contributed by atoms with Crippen molar-refractivity contribution in [1.29, 1.82) is 0 Å². The number of rotatable bonds is 1. The normalized spacial score (nSPS) is 17.5. The number of aromatic nitrogens is 4. The molecule has 0 aliphatic carbocycles. The van der Waals surface area contributed by atoms with E-state index in [-0.39, 0.29) is 5.82 Å². The van der Waals surface area contributed by atoms with Gasteiger partial charge in [0.2, 0.25) is 0 Å². The summed E-state index contributed by atoms with van der Waals surface area (Å²) >= 11 is 0. The number of halogens is 3. The lowest BCUT2D eigenvalue weighted by atomic mass is 9.98. The number of amidine groups is 1. The van der Waals surface area contributed by atoms with Crippen molar-refractivity contribution in [1.82, 2.24) is 24.8 Å². The number of nitrogens with zero attached hydrogens (tertiary/aromatic N) is 5. The number of aromatic amines is 1. The Balaban J connectivity index is 1.41. The zero-order chi connectivity index (χ0) is 19.3. The lowest BCUT2D eigenvalue weighted by molar-refractivity contribution is -0.147. The first-order valence-corrected chi connectivity index (χ1v) is 9.10. The Kier molecular flexibility index (Phi) is 3.78. The summed E-state index contributed by atoms with van der Waals surface area (Å²) in [6.45, 7) is 1.33. The van der Waals surface area contributed by atoms with Gasteiger partial charge in [-0.3, -0.25) is 0 Å². The topological polar surface area (TPSA) is 62.1 Å². The molecule has 0 amide bonds. The number of hydrogen-bond donors (Lipinski definition) is 1. The van der Waals surface area contributed by atoms with Crippen LogP contribution in [0.25, 0.3) is 16.5 Å². The largest absolute Gasteiger partial charge is 0.453 e. The van der Waals surface area contributed by atoms with E-state index in [1.54, 1.807) is 0 Å². The zero-order valence-electron chi connectivity index (χ0n) is 14.9. The summed E-state index contributed by atoms with van der Waals surface area (Å²) in [6, 6.07) is 8.14. The first-order valence-electron chi connectivity index (χ1n) is 9.10. The second kappa shape index (κ2) is 6.22. The molecule has 144 valence electrons. The summed E-state index contributed by atoms with van der Waals surface area (Å²) in [6.07, 6.45) is 1.35. The molecule has 0 spiro atoms. The Bertz CT molecular complexity index is 1100. The van der Waals surface area contributed by atoms with Crippen molar-refractivity contribution in [3.8, 4) is 0 Å². The third-order valence-electron chi connectivity index (χ3n) is 5.26. The summed E-state index contributed by atoms with van der Waals surface area (Å²) in [4.78, 5) is 5.32. The number of nitrogens with one attached hydrogen (secondary N) is 1. The second-order valence-electron chi connectivity index (χ2n) is 6.94. The molecule has 1 aromatic carbocycles. The van der Waals surface area contributed by atoms with Crippen LogP contribution < -0.4 is 0 Å². The molecule has 0 bridgehead atoms. The summed E-state index contributed by atoms with van der Waals surface area (Å²) in [7, 11) is 0. The van der Waals surface area contributed by atoms with Crippen molar-refractivity contribution >= 4 is 22.3 Å². The molecule has 0 saturated carbocycles. The predicted octanol–water partition coefficient (Wildman–Crippen LogP) is 3.68. The van der Waals surface area contributed by atoms with Crippen molar-refractivity contribution in [3.63, 3.8) is 0 Å². The van der Waals surface area contributed by atoms with Crippen LogP contribution in [0.15, 0.2) is 41.6 Å². The van der Waals surface area contributed by atoms with Crippen LogP contribution in [0.4, 0.5) is 13.2 Å². The molecule has 0 fully saturated rings. The third kappa shape index (κ3) is 2.78. The van der Waals surface area contributed by atoms with E-state index < -0.39 is 12.0 Å². The number of fused-ring (bicyclic) bond motifs is 2. The van der Waals surface area contributed by atoms with Gasteiger partial charge in [0.15, 0.2) is 5.82 Å². The van der Waals surface area contributed by atoms with Gasteiger partial charge in [-0.05, 0) is 18.1 Å². The van der Waals surface area contributed by atoms with Crippen LogP contribution in [0.2, 0.25) is 0 Å². The maximum atomic E-state index is 13.1. The first-order chi connectivity index (χ1) is 13.5. The van der Waals surface area contributed by atoms with Gasteiger partial charge in [-0.15, -0.1) is 10.2 Å². The molecule has 2 aliphatic rings. The van der Waals surface area contributed by atoms with Gasteiger partial charge >= 0.3 is 6.18 Å². The Morgan fingerprint density at radius 3 is 2.68 bits per heavy atom. The van der Waals surface area contributed by atoms with Crippen LogP contribution in [0.5, 0.6) is 0 Å². The SMILES string of the molecule is FC(F)(F)c1nnc2n1N=C(N1CC=C(c3c[nH]c4ccccc34)CC1)CC2. The van der Waals surface area contributed by atoms with Gasteiger partial charge in [-0.25, -0.2) is 0 Å². The highest BCUT2D eigenvalue weighted by Gasteiger charge is 2.40. The van der Waals surface area contributed by atoms with Crippen molar-refractivity contribution in [2.24, 2.45) is 5.10 Å². The highest BCUT2D eigenvalue weighted by Crippen LogP contribution is 2.31. The van der Waals surface area contributed by atoms with Crippen molar-refractivity contribution in [2.75, 3.05) is 13.1 Å². The molecular weight excluding hydrogens is 369 g/mol. The molecule has 6 nitrogen and oxygen atoms in total. The number of alkyl halides is 3. The molecule has 0 unspecified atom stereocenters. The Morgan fingerprint density at radius 1 is 1.04 bits per heavy atom. The van der Waals surface area contributed by atoms with Gasteiger partial charge in [0.1, 0.15) is 5.84 Å². The van der Waals surface area contributed by atoms with E-state index in [2.05, 4.69) is 32.4 Å². The number of hydrogen-bond acceptors (Lipinski definition) is 4. The summed E-state index contributed by atoms with van der Waals surface area (Å²) in [5.41, 5.74) is 3.52. The molecule has 2 aromatic heterocycles. The second-order valence-corrected chi connectivity index (χ2v) is 6.94. The lowest BCUT2D eigenvalue weighted by Crippen LogP contribution is -2.37. The standard InChI is InChI=1S/C19H17F3N6/c20-19(21,22)18-25-24-16-5-6-17(26-28(16)18)27-9-7-12(8-10-27)14-11-23-15-4-2-1-3-13(14)15/h1-4,7,11,23H,5-6,8-10H2. The van der Waals surface area contributed by atoms with Crippen molar-refractivity contribution in [2.45, 2.75) is 25.4 Å². The highest BCUT2D eigenvalue weighted by molar-refractivity contribution is 5.93. The maximum Gasteiger partial charge on any atom is 0.453 e. The molecule has 4 heterocycles. The van der Waals surface area contributed by atoms with E-state index in [0.717, 1.165) is 16.6 Å². The molecule has 0 saturated heterocycles. The molecule has 5 rings (SSSR count). The van der Waals surface area contributed by atoms with Crippen molar-refractivity contribution in [3.05, 3.63) is 53.8 Å². The Morgan fingerprint density at radius 2 is 1.89 bits per heavy atom. The lowest BCUT2D eigenvalue weighted by Gasteiger charge is -2.30. The monoisotopic (exact) mass is 386 g/mol. The number of benzene rings is 1. The highest BCUT2D eigenvalue weighted by atomic mass is 19.4. The Hall–Kier alpha value is -3.10. The van der Waals surface area contributed by atoms with Crippen LogP contribution in [0.1, 0.15) is 30.1 Å². The van der Waals surface area contributed by atoms with Crippen LogP contribution in [-0.2, 0) is 12.6 Å². The Labute approximate surface area is 158 Å². The molecule has 0 atom stereocenters. The average molecular weight is 386 g/mol. The first kappa shape index (κ1) is 17.0. The minimum atomic E-state index is -4.57. The zero-order valence-corrected chi connectivity index (χ0v) is 14.9. The number of para-hydroxylation sites is 1. The molecular formula is C19H17F3N6. The van der Waals surface area contributed by atoms with Crippen LogP contribution in [0, 0.1) is 0 Å². The van der Waals surface area contributed by atoms with E-state index in [1.165, 1.54) is 16.5 Å². The molecule has 9 heteroatoms. The molecule has 28 heavy (non-hydrogen) atoms. The number of H-pyrrole nitrogens is 1. The minimum Gasteiger partial charge on any atom is -0.361 e. The maximum absolute atomic E-state index is 13.1. The van der Waals surface area contributed by atoms with E-state index >= 15 is 0 Å². The van der Waals surface area contributed by atoms with Gasteiger partial charge in [0, 0.05) is 48.6 Å². The molecule has 3 aromatic rings. The predicted molar refractivity (Wildman–Crippen MR) is 98.6 cm³/mol. The van der Waals surface area contributed by atoms with E-state index in [4.69, 9.17) is 0 Å². The van der Waals surface area contributed by atoms with Gasteiger partial charge in [-0.1, -0.05) is 24.3 Å². The average Bonchev–Trinajstić information content (AvgIpc) is 3.31. The fraction of sp³-hybridized carbons (Fsp3) is 0.316. The smallest absolute Gasteiger partial charge is 0.361 e. The fourth-order valence-corrected chi connectivity index (χ4v) is 3.85. The minimum absolute atomic E-state index is 0.253. The van der Waals surface area contributed by atoms with Crippen LogP contribution >= 0.6 is 0 Å². The third-order valence-corrected chi connectivity index (χ3v) is 5.26. The van der Waals surface area contributed by atoms with Gasteiger partial charge in [-0.2, -0.15) is 22.9 Å². The van der Waals surface area contributed by atoms with Gasteiger partial charge in [0.05, 0.1) is 0 Å². The number of aryl methyl sites for hydroxylation is 1. The molecule has 0 radical (unpaired) electrons. The van der Waals surface area contributed by atoms with Crippen LogP contribution in [-0.4, -0.2) is 43.7 Å². The van der Waals surface area contributed by atoms with E-state index in [0.29, 0.717) is 31.8 Å². The molecule has 1 N–H and O–H groups in total. The van der Waals surface area contributed by atoms with Crippen molar-refractivity contribution < 1.29 is 13.2 Å².